The molecule has 109 heavy (non-hydrogen) atoms. The molecule has 3 aromatic heterocycles. The van der Waals surface area contributed by atoms with E-state index in [1.807, 2.05) is 6.07 Å². The highest BCUT2D eigenvalue weighted by Gasteiger charge is 2.50. The van der Waals surface area contributed by atoms with Crippen molar-refractivity contribution in [3.05, 3.63) is 141 Å². The van der Waals surface area contributed by atoms with Gasteiger partial charge in [-0.15, -0.1) is 16.9 Å². The van der Waals surface area contributed by atoms with E-state index in [-0.39, 0.29) is 162 Å². The highest BCUT2D eigenvalue weighted by molar-refractivity contribution is 8.00. The van der Waals surface area contributed by atoms with Crippen LogP contribution in [0.25, 0.3) is 22.2 Å². The summed E-state index contributed by atoms with van der Waals surface area (Å²) in [5.41, 5.74) is 6.25. The second kappa shape index (κ2) is 34.2. The number of hydrogen-bond donors (Lipinski definition) is 10. The van der Waals surface area contributed by atoms with Gasteiger partial charge in [0.1, 0.15) is 52.4 Å². The molecule has 7 atom stereocenters. The number of aliphatic hydroxyl groups is 3. The molecule has 576 valence electrons. The molecule has 0 bridgehead atoms. The topological polar surface area (TPSA) is 471 Å². The molecule has 6 heterocycles. The number of carbonyl (C=O) groups is 10. The van der Waals surface area contributed by atoms with Crippen LogP contribution in [0.2, 0.25) is 0 Å². The minimum atomic E-state index is -2.28. The number of phenolic OH excluding ortho intramolecular Hbond substituents is 2. The molecule has 11 N–H and O–H groups in total. The van der Waals surface area contributed by atoms with Gasteiger partial charge in [0.05, 0.1) is 122 Å². The van der Waals surface area contributed by atoms with Gasteiger partial charge in [0, 0.05) is 124 Å². The molecule has 12 rings (SSSR count). The molecule has 3 aliphatic heterocycles. The Balaban J connectivity index is 0.529. The summed E-state index contributed by atoms with van der Waals surface area (Å²) in [6.45, 7) is 1.99. The summed E-state index contributed by atoms with van der Waals surface area (Å²) in [4.78, 5) is 141. The van der Waals surface area contributed by atoms with Crippen molar-refractivity contribution in [1.82, 2.24) is 50.7 Å². The van der Waals surface area contributed by atoms with E-state index in [1.54, 1.807) is 66.6 Å². The van der Waals surface area contributed by atoms with Crippen molar-refractivity contribution in [3.8, 4) is 34.3 Å². The number of piperazine rings is 1. The minimum absolute atomic E-state index is 0.00546. The molecule has 7 aromatic rings. The molecule has 0 spiro atoms. The van der Waals surface area contributed by atoms with Gasteiger partial charge in [-0.25, -0.2) is 10.1 Å². The lowest BCUT2D eigenvalue weighted by atomic mass is 9.71. The van der Waals surface area contributed by atoms with Crippen molar-refractivity contribution in [2.75, 3.05) is 85.7 Å². The van der Waals surface area contributed by atoms with Crippen LogP contribution in [0, 0.1) is 0 Å². The number of methoxy groups -OCH3 is 2. The lowest BCUT2D eigenvalue weighted by Crippen LogP contribution is -2.53. The van der Waals surface area contributed by atoms with E-state index in [2.05, 4.69) is 36.5 Å². The summed E-state index contributed by atoms with van der Waals surface area (Å²) in [6, 6.07) is 19.2. The Morgan fingerprint density at radius 2 is 1.59 bits per heavy atom. The van der Waals surface area contributed by atoms with Crippen LogP contribution in [0.4, 0.5) is 0 Å². The summed E-state index contributed by atoms with van der Waals surface area (Å²) < 4.78 is 42.0. The molecule has 2 aliphatic carbocycles. The van der Waals surface area contributed by atoms with Gasteiger partial charge >= 0.3 is 0 Å². The van der Waals surface area contributed by atoms with Crippen molar-refractivity contribution >= 4 is 87.1 Å². The predicted octanol–water partition coefficient (Wildman–Crippen LogP) is 2.11. The van der Waals surface area contributed by atoms with Crippen LogP contribution in [0.3, 0.4) is 0 Å². The molecule has 3 saturated heterocycles. The normalized spacial score (nSPS) is 20.6. The third kappa shape index (κ3) is 16.9. The zero-order valence-corrected chi connectivity index (χ0v) is 60.5. The number of nitrogens with one attached hydrogen (secondary N) is 4. The van der Waals surface area contributed by atoms with Crippen molar-refractivity contribution in [2.45, 2.75) is 113 Å². The first-order valence-electron chi connectivity index (χ1n) is 35.3. The Hall–Kier alpha value is -10.8. The number of benzene rings is 4. The van der Waals surface area contributed by atoms with Crippen LogP contribution in [-0.2, 0) is 73.8 Å². The molecular formula is C74H82N12O22S. The number of hydrogen-bond acceptors (Lipinski definition) is 27. The van der Waals surface area contributed by atoms with Gasteiger partial charge in [-0.1, -0.05) is 35.5 Å². The highest BCUT2D eigenvalue weighted by Crippen LogP contribution is 2.53. The van der Waals surface area contributed by atoms with Gasteiger partial charge in [-0.3, -0.25) is 52.8 Å². The number of aromatic hydroxyl groups is 2. The van der Waals surface area contributed by atoms with E-state index < -0.39 is 136 Å². The van der Waals surface area contributed by atoms with Crippen molar-refractivity contribution < 1.29 is 106 Å². The van der Waals surface area contributed by atoms with Gasteiger partial charge in [-0.2, -0.15) is 5.10 Å². The molecule has 1 unspecified atom stereocenters. The number of imide groups is 1. The van der Waals surface area contributed by atoms with Crippen LogP contribution in [0.15, 0.2) is 94.7 Å². The van der Waals surface area contributed by atoms with Crippen molar-refractivity contribution in [3.63, 3.8) is 0 Å². The molecule has 0 radical (unpaired) electrons. The Labute approximate surface area is 626 Å². The minimum Gasteiger partial charge on any atom is -0.507 e. The highest BCUT2D eigenvalue weighted by atomic mass is 32.2. The lowest BCUT2D eigenvalue weighted by molar-refractivity contribution is -0.245. The van der Waals surface area contributed by atoms with Crippen molar-refractivity contribution in [2.24, 2.45) is 10.8 Å². The van der Waals surface area contributed by atoms with Crippen LogP contribution in [-0.4, -0.2) is 246 Å². The lowest BCUT2D eigenvalue weighted by Gasteiger charge is -2.43. The first-order chi connectivity index (χ1) is 52.5. The summed E-state index contributed by atoms with van der Waals surface area (Å²) in [5.74, 6) is -5.65. The maximum atomic E-state index is 14.2. The Kier molecular flexibility index (Phi) is 24.4. The molecule has 34 nitrogen and oxygen atoms in total. The number of hydrazone groups is 1. The number of ether oxygens (including phenoxy) is 6. The van der Waals surface area contributed by atoms with Crippen molar-refractivity contribution in [1.29, 1.82) is 0 Å². The number of amides is 7. The summed E-state index contributed by atoms with van der Waals surface area (Å²) in [7, 11) is 2.76. The van der Waals surface area contributed by atoms with Gasteiger partial charge < -0.3 is 89.5 Å². The van der Waals surface area contributed by atoms with E-state index in [1.165, 1.54) is 48.2 Å². The standard InChI is InChI=1S/C74H82N12O22S/c1-39-65(92)47(75)29-58(106-39)108-51-32-74(101,31-45-61(51)70(97)63-62(67(45)94)66(93)44-11-7-12-49(102-2)60(44)69(63)96)53(36-87)80-81-55(89)13-8-20-86-57(91)30-52(72(86)99)109-28-18-54(88)76-19-26-104-37-41-35-85(82-79-41)25-27-105-38-56(90)77-33-42-14-16-48(107-42)43-15-17-50(103-3)59-46(34-78-64(43)59)68(95)73(100)84-23-21-83(22-24-84)71(98)40-9-5-4-6-10-40/h4-7,9-12,14-17,34-35,39,47,51-52,58,65,78,87,92,94,97,101H,8,13,18-33,36-38,75H2,1-3H3,(H,76,88)(H,77,90)(H,81,89)/b80-53+/t39-,47-,51-,52?,58-,65+,74-/m0/s1. The number of aromatic amines is 1. The number of thioether (sulfide) groups is 1. The smallest absolute Gasteiger partial charge is 0.295 e. The van der Waals surface area contributed by atoms with E-state index in [9.17, 15) is 73.5 Å². The van der Waals surface area contributed by atoms with Crippen LogP contribution < -0.4 is 31.3 Å². The molecule has 5 aliphatic rings. The van der Waals surface area contributed by atoms with Gasteiger partial charge in [0.2, 0.25) is 35.3 Å². The van der Waals surface area contributed by atoms with Gasteiger partial charge in [0.15, 0.2) is 12.1 Å². The zero-order valence-electron chi connectivity index (χ0n) is 59.7. The molecule has 35 heteroatoms. The van der Waals surface area contributed by atoms with Crippen LogP contribution in [0.1, 0.15) is 127 Å². The SMILES string of the molecule is COc1cccc2c1C(=O)c1c(O)c3c(c(O)c1C2=O)C[C@@](O)(/C(CO)=N/NC(=O)CCCN1C(=O)CC(SCCC(=O)NCCOCc2cn(CCOCC(=O)NCc4ccc(-c5ccc(OC)c6c(C(=O)C(=O)N7CCN(C(=O)c8ccccc8)CC7)c[nH]c56)o4)nn2)C1=O)C[C@@H]3O[C@H]1C[C@H](N)[C@H](O)[C@H](C)O1. The first-order valence-corrected chi connectivity index (χ1v) is 36.3. The Morgan fingerprint density at radius 1 is 0.826 bits per heavy atom. The number of likely N-dealkylation sites (tertiary alicyclic amines) is 1. The number of nitrogens with two attached hydrogens (primary N) is 1. The average molecular weight is 1520 g/mol. The largest absolute Gasteiger partial charge is 0.507 e. The maximum absolute atomic E-state index is 14.2. The number of H-pyrrole nitrogens is 1. The first kappa shape index (κ1) is 77.8. The monoisotopic (exact) mass is 1520 g/mol. The summed E-state index contributed by atoms with van der Waals surface area (Å²) in [5, 5.41) is 74.9. The van der Waals surface area contributed by atoms with Gasteiger partial charge in [-0.05, 0) is 55.8 Å². The fourth-order valence-electron chi connectivity index (χ4n) is 13.9. The Morgan fingerprint density at radius 3 is 2.34 bits per heavy atom. The number of rotatable bonds is 31. The quantitative estimate of drug-likeness (QED) is 0.00566. The third-order valence-corrected chi connectivity index (χ3v) is 20.8. The Bertz CT molecular complexity index is 4670. The number of fused-ring (bicyclic) bond motifs is 4. The average Bonchev–Trinajstić information content (AvgIpc) is 1.60. The van der Waals surface area contributed by atoms with E-state index in [4.69, 9.17) is 38.6 Å². The van der Waals surface area contributed by atoms with Crippen LogP contribution in [0.5, 0.6) is 23.0 Å². The number of aliphatic hydroxyl groups excluding tert-OH is 2. The third-order valence-electron chi connectivity index (χ3n) is 19.6. The number of aromatic nitrogens is 4. The molecule has 7 amide bonds. The number of nitrogens with zero attached hydrogens (tertiary/aromatic N) is 7. The van der Waals surface area contributed by atoms with E-state index in [0.717, 1.165) is 16.7 Å². The summed E-state index contributed by atoms with van der Waals surface area (Å²) in [6.07, 6.45) is -3.03. The fraction of sp³-hybridized carbons (Fsp3) is 0.419. The zero-order chi connectivity index (χ0) is 77.4. The number of ketones is 3. The molecule has 4 aromatic carbocycles. The second-order valence-corrected chi connectivity index (χ2v) is 28.0. The molecule has 0 saturated carbocycles. The summed E-state index contributed by atoms with van der Waals surface area (Å²) >= 11 is 1.15. The van der Waals surface area contributed by atoms with Crippen LogP contribution >= 0.6 is 11.8 Å². The number of carbonyl (C=O) groups excluding carboxylic acids is 10. The van der Waals surface area contributed by atoms with E-state index in [0.29, 0.717) is 45.0 Å². The fourth-order valence-corrected chi connectivity index (χ4v) is 15.0. The number of furan rings is 1. The second-order valence-electron chi connectivity index (χ2n) is 26.6. The van der Waals surface area contributed by atoms with E-state index >= 15 is 0 Å². The molecule has 3 fully saturated rings. The number of phenols is 2. The number of Topliss-reactive ketones (excluding diaryl/α,β-unsaturated/α-hetero) is 1. The molecular weight excluding hydrogens is 1440 g/mol. The maximum Gasteiger partial charge on any atom is 0.295 e. The predicted molar refractivity (Wildman–Crippen MR) is 385 cm³/mol. The van der Waals surface area contributed by atoms with Gasteiger partial charge in [0.25, 0.3) is 17.6 Å².